The molecule has 7 nitrogen and oxygen atoms in total. The Morgan fingerprint density at radius 2 is 1.55 bits per heavy atom. The Hall–Kier alpha value is -3.17. The summed E-state index contributed by atoms with van der Waals surface area (Å²) in [6.07, 6.45) is 2.12. The molecule has 202 valence electrons. The lowest BCUT2D eigenvalue weighted by atomic mass is 10.0. The number of carbonyl (C=O) groups is 2. The second-order valence-electron chi connectivity index (χ2n) is 9.25. The summed E-state index contributed by atoms with van der Waals surface area (Å²) in [5.74, 6) is -0.739. The highest BCUT2D eigenvalue weighted by Gasteiger charge is 2.32. The highest BCUT2D eigenvalue weighted by molar-refractivity contribution is 9.10. The molecule has 0 fully saturated rings. The minimum absolute atomic E-state index is 0.161. The van der Waals surface area contributed by atoms with Crippen LogP contribution < -0.4 is 9.62 Å². The minimum Gasteiger partial charge on any atom is -0.354 e. The molecule has 1 N–H and O–H groups in total. The van der Waals surface area contributed by atoms with E-state index in [1.54, 1.807) is 24.3 Å². The zero-order chi connectivity index (χ0) is 27.7. The van der Waals surface area contributed by atoms with Crippen LogP contribution >= 0.6 is 15.9 Å². The minimum atomic E-state index is -3.79. The largest absolute Gasteiger partial charge is 0.354 e. The third-order valence-corrected chi connectivity index (χ3v) is 7.76. The molecule has 0 spiro atoms. The van der Waals surface area contributed by atoms with Crippen molar-refractivity contribution in [3.05, 3.63) is 100 Å². The van der Waals surface area contributed by atoms with Gasteiger partial charge in [0.15, 0.2) is 0 Å². The molecule has 9 heteroatoms. The van der Waals surface area contributed by atoms with E-state index in [1.807, 2.05) is 68.4 Å². The molecule has 3 aromatic carbocycles. The van der Waals surface area contributed by atoms with E-state index in [0.29, 0.717) is 18.7 Å². The standard InChI is InChI=1S/C29H34BrN3O4S/c1-4-18-31-29(35)27(19-23-8-6-5-7-9-23)32(20-24-12-10-22(2)11-13-24)28(34)21-33(38(3,36)37)26-16-14-25(30)15-17-26/h5-17,27H,4,18-21H2,1-3H3,(H,31,35). The van der Waals surface area contributed by atoms with Gasteiger partial charge in [-0.1, -0.05) is 83.0 Å². The average molecular weight is 601 g/mol. The van der Waals surface area contributed by atoms with Crippen LogP contribution in [-0.2, 0) is 32.6 Å². The Labute approximate surface area is 234 Å². The normalized spacial score (nSPS) is 12.0. The molecule has 1 atom stereocenters. The number of benzene rings is 3. The Kier molecular flexibility index (Phi) is 10.5. The van der Waals surface area contributed by atoms with Crippen LogP contribution in [0.15, 0.2) is 83.3 Å². The van der Waals surface area contributed by atoms with Crippen molar-refractivity contribution in [2.24, 2.45) is 0 Å². The predicted octanol–water partition coefficient (Wildman–Crippen LogP) is 4.69. The highest BCUT2D eigenvalue weighted by Crippen LogP contribution is 2.22. The van der Waals surface area contributed by atoms with Gasteiger partial charge in [-0.15, -0.1) is 0 Å². The van der Waals surface area contributed by atoms with Crippen molar-refractivity contribution < 1.29 is 18.0 Å². The lowest BCUT2D eigenvalue weighted by Crippen LogP contribution is -2.53. The molecule has 3 aromatic rings. The van der Waals surface area contributed by atoms with Gasteiger partial charge >= 0.3 is 0 Å². The molecule has 0 aliphatic heterocycles. The summed E-state index contributed by atoms with van der Waals surface area (Å²) >= 11 is 3.36. The summed E-state index contributed by atoms with van der Waals surface area (Å²) < 4.78 is 27.4. The molecule has 0 saturated carbocycles. The Morgan fingerprint density at radius 3 is 2.13 bits per heavy atom. The average Bonchev–Trinajstić information content (AvgIpc) is 2.89. The number of halogens is 1. The van der Waals surface area contributed by atoms with Crippen molar-refractivity contribution in [1.82, 2.24) is 10.2 Å². The second kappa shape index (κ2) is 13.6. The van der Waals surface area contributed by atoms with Crippen LogP contribution in [-0.4, -0.2) is 50.5 Å². The van der Waals surface area contributed by atoms with Crippen molar-refractivity contribution in [3.63, 3.8) is 0 Å². The second-order valence-corrected chi connectivity index (χ2v) is 12.1. The molecule has 0 aromatic heterocycles. The van der Waals surface area contributed by atoms with Gasteiger partial charge in [-0.25, -0.2) is 8.42 Å². The fourth-order valence-electron chi connectivity index (χ4n) is 4.03. The Bertz CT molecular complexity index is 1310. The number of nitrogens with one attached hydrogen (secondary N) is 1. The van der Waals surface area contributed by atoms with Gasteiger partial charge in [0, 0.05) is 24.0 Å². The third kappa shape index (κ3) is 8.43. The Morgan fingerprint density at radius 1 is 0.921 bits per heavy atom. The molecule has 1 unspecified atom stereocenters. The van der Waals surface area contributed by atoms with Gasteiger partial charge in [-0.05, 0) is 48.7 Å². The lowest BCUT2D eigenvalue weighted by Gasteiger charge is -2.33. The smallest absolute Gasteiger partial charge is 0.244 e. The molecule has 0 aliphatic carbocycles. The van der Waals surface area contributed by atoms with E-state index in [2.05, 4.69) is 21.2 Å². The van der Waals surface area contributed by atoms with Crippen molar-refractivity contribution >= 4 is 43.5 Å². The van der Waals surface area contributed by atoms with E-state index < -0.39 is 28.5 Å². The van der Waals surface area contributed by atoms with E-state index in [-0.39, 0.29) is 12.5 Å². The van der Waals surface area contributed by atoms with E-state index in [1.165, 1.54) is 4.90 Å². The molecule has 0 aliphatic rings. The molecule has 3 rings (SSSR count). The predicted molar refractivity (Wildman–Crippen MR) is 155 cm³/mol. The van der Waals surface area contributed by atoms with Crippen LogP contribution in [0.2, 0.25) is 0 Å². The molecule has 0 bridgehead atoms. The number of hydrogen-bond acceptors (Lipinski definition) is 4. The first kappa shape index (κ1) is 29.4. The quantitative estimate of drug-likeness (QED) is 0.327. The monoisotopic (exact) mass is 599 g/mol. The molecule has 2 amide bonds. The fourth-order valence-corrected chi connectivity index (χ4v) is 5.15. The van der Waals surface area contributed by atoms with Crippen LogP contribution in [0.25, 0.3) is 0 Å². The van der Waals surface area contributed by atoms with E-state index in [0.717, 1.165) is 38.1 Å². The first-order valence-electron chi connectivity index (χ1n) is 12.5. The summed E-state index contributed by atoms with van der Waals surface area (Å²) in [5, 5.41) is 2.93. The van der Waals surface area contributed by atoms with Crippen molar-refractivity contribution in [2.75, 3.05) is 23.7 Å². The maximum Gasteiger partial charge on any atom is 0.244 e. The molecular weight excluding hydrogens is 566 g/mol. The van der Waals surface area contributed by atoms with Crippen LogP contribution in [0, 0.1) is 6.92 Å². The number of aryl methyl sites for hydroxylation is 1. The van der Waals surface area contributed by atoms with Crippen LogP contribution in [0.5, 0.6) is 0 Å². The lowest BCUT2D eigenvalue weighted by molar-refractivity contribution is -0.140. The van der Waals surface area contributed by atoms with Gasteiger partial charge in [-0.2, -0.15) is 0 Å². The SMILES string of the molecule is CCCNC(=O)C(Cc1ccccc1)N(Cc1ccc(C)cc1)C(=O)CN(c1ccc(Br)cc1)S(C)(=O)=O. The summed E-state index contributed by atoms with van der Waals surface area (Å²) in [6.45, 7) is 4.15. The number of sulfonamides is 1. The Balaban J connectivity index is 2.02. The molecule has 0 saturated heterocycles. The highest BCUT2D eigenvalue weighted by atomic mass is 79.9. The van der Waals surface area contributed by atoms with Gasteiger partial charge in [-0.3, -0.25) is 13.9 Å². The van der Waals surface area contributed by atoms with Gasteiger partial charge in [0.2, 0.25) is 21.8 Å². The topological polar surface area (TPSA) is 86.8 Å². The molecule has 38 heavy (non-hydrogen) atoms. The summed E-state index contributed by atoms with van der Waals surface area (Å²) in [6, 6.07) is 23.1. The first-order valence-corrected chi connectivity index (χ1v) is 15.1. The number of anilines is 1. The van der Waals surface area contributed by atoms with Crippen molar-refractivity contribution in [3.8, 4) is 0 Å². The van der Waals surface area contributed by atoms with Gasteiger partial charge in [0.05, 0.1) is 11.9 Å². The zero-order valence-corrected chi connectivity index (χ0v) is 24.3. The number of carbonyl (C=O) groups excluding carboxylic acids is 2. The summed E-state index contributed by atoms with van der Waals surface area (Å²) in [5.41, 5.74) is 3.19. The maximum atomic E-state index is 14.0. The van der Waals surface area contributed by atoms with E-state index in [4.69, 9.17) is 0 Å². The molecule has 0 radical (unpaired) electrons. The maximum absolute atomic E-state index is 14.0. The molecular formula is C29H34BrN3O4S. The number of nitrogens with zero attached hydrogens (tertiary/aromatic N) is 2. The summed E-state index contributed by atoms with van der Waals surface area (Å²) in [7, 11) is -3.79. The first-order chi connectivity index (χ1) is 18.1. The molecule has 0 heterocycles. The van der Waals surface area contributed by atoms with E-state index >= 15 is 0 Å². The van der Waals surface area contributed by atoms with E-state index in [9.17, 15) is 18.0 Å². The zero-order valence-electron chi connectivity index (χ0n) is 21.9. The van der Waals surface area contributed by atoms with Crippen LogP contribution in [0.4, 0.5) is 5.69 Å². The van der Waals surface area contributed by atoms with Crippen molar-refractivity contribution in [2.45, 2.75) is 39.3 Å². The summed E-state index contributed by atoms with van der Waals surface area (Å²) in [4.78, 5) is 28.9. The van der Waals surface area contributed by atoms with Crippen LogP contribution in [0.3, 0.4) is 0 Å². The third-order valence-electron chi connectivity index (χ3n) is 6.09. The fraction of sp³-hybridized carbons (Fsp3) is 0.310. The number of amides is 2. The van der Waals surface area contributed by atoms with Gasteiger partial charge in [0.1, 0.15) is 12.6 Å². The number of hydrogen-bond donors (Lipinski definition) is 1. The number of rotatable bonds is 12. The van der Waals surface area contributed by atoms with Gasteiger partial charge in [0.25, 0.3) is 0 Å². The van der Waals surface area contributed by atoms with Gasteiger partial charge < -0.3 is 10.2 Å². The van der Waals surface area contributed by atoms with Crippen molar-refractivity contribution in [1.29, 1.82) is 0 Å². The van der Waals surface area contributed by atoms with Crippen LogP contribution in [0.1, 0.15) is 30.0 Å².